The molecule has 0 saturated carbocycles. The van der Waals surface area contributed by atoms with Crippen LogP contribution in [0.3, 0.4) is 0 Å². The van der Waals surface area contributed by atoms with Gasteiger partial charge in [0.15, 0.2) is 11.6 Å². The first-order valence-corrected chi connectivity index (χ1v) is 7.29. The molecule has 0 spiro atoms. The van der Waals surface area contributed by atoms with Crippen LogP contribution in [0.4, 0.5) is 16.0 Å². The van der Waals surface area contributed by atoms with Crippen LogP contribution in [0, 0.1) is 5.82 Å². The Labute approximate surface area is 129 Å². The maximum Gasteiger partial charge on any atom is 0.172 e. The van der Waals surface area contributed by atoms with Crippen LogP contribution in [-0.4, -0.2) is 43.3 Å². The molecule has 1 aliphatic heterocycles. The zero-order valence-electron chi connectivity index (χ0n) is 12.7. The standard InChI is InChI=1S/C16H19FN4O/c1-20(2)15-16(19-8-7-18-15)21-9-6-14(11-21)22-13-5-3-4-12(17)10-13/h3-5,7-8,10,14H,6,9,11H2,1-2H3. The van der Waals surface area contributed by atoms with E-state index >= 15 is 0 Å². The van der Waals surface area contributed by atoms with Crippen molar-refractivity contribution in [3.05, 3.63) is 42.5 Å². The number of benzene rings is 1. The number of hydrogen-bond donors (Lipinski definition) is 0. The van der Waals surface area contributed by atoms with Crippen LogP contribution < -0.4 is 14.5 Å². The zero-order valence-corrected chi connectivity index (χ0v) is 12.7. The van der Waals surface area contributed by atoms with Crippen molar-refractivity contribution in [2.75, 3.05) is 37.0 Å². The number of aromatic nitrogens is 2. The molecule has 3 rings (SSSR count). The lowest BCUT2D eigenvalue weighted by molar-refractivity contribution is 0.224. The van der Waals surface area contributed by atoms with Crippen molar-refractivity contribution < 1.29 is 9.13 Å². The van der Waals surface area contributed by atoms with Crippen LogP contribution in [0.25, 0.3) is 0 Å². The number of hydrogen-bond acceptors (Lipinski definition) is 5. The van der Waals surface area contributed by atoms with Gasteiger partial charge in [-0.1, -0.05) is 6.07 Å². The summed E-state index contributed by atoms with van der Waals surface area (Å²) < 4.78 is 19.1. The molecule has 0 radical (unpaired) electrons. The molecule has 6 heteroatoms. The lowest BCUT2D eigenvalue weighted by Gasteiger charge is -2.22. The Balaban J connectivity index is 1.70. The highest BCUT2D eigenvalue weighted by atomic mass is 19.1. The summed E-state index contributed by atoms with van der Waals surface area (Å²) in [4.78, 5) is 12.9. The Morgan fingerprint density at radius 3 is 2.86 bits per heavy atom. The third-order valence-electron chi connectivity index (χ3n) is 3.63. The number of ether oxygens (including phenoxy) is 1. The van der Waals surface area contributed by atoms with Crippen LogP contribution >= 0.6 is 0 Å². The summed E-state index contributed by atoms with van der Waals surface area (Å²) >= 11 is 0. The Bertz CT molecular complexity index is 650. The molecule has 2 aromatic rings. The lowest BCUT2D eigenvalue weighted by atomic mass is 10.3. The average molecular weight is 302 g/mol. The van der Waals surface area contributed by atoms with Gasteiger partial charge >= 0.3 is 0 Å². The molecule has 22 heavy (non-hydrogen) atoms. The second kappa shape index (κ2) is 6.17. The maximum atomic E-state index is 13.2. The van der Waals surface area contributed by atoms with E-state index in [-0.39, 0.29) is 11.9 Å². The Hall–Kier alpha value is -2.37. The van der Waals surface area contributed by atoms with Crippen molar-refractivity contribution in [1.82, 2.24) is 9.97 Å². The number of anilines is 2. The van der Waals surface area contributed by atoms with E-state index < -0.39 is 0 Å². The summed E-state index contributed by atoms with van der Waals surface area (Å²) in [7, 11) is 3.90. The maximum absolute atomic E-state index is 13.2. The molecule has 1 atom stereocenters. The molecule has 1 saturated heterocycles. The zero-order chi connectivity index (χ0) is 15.5. The number of nitrogens with zero attached hydrogens (tertiary/aromatic N) is 4. The minimum Gasteiger partial charge on any atom is -0.488 e. The van der Waals surface area contributed by atoms with Crippen LogP contribution in [0.1, 0.15) is 6.42 Å². The van der Waals surface area contributed by atoms with Gasteiger partial charge < -0.3 is 14.5 Å². The molecule has 0 N–H and O–H groups in total. The molecule has 1 aromatic heterocycles. The minimum atomic E-state index is -0.281. The first-order chi connectivity index (χ1) is 10.6. The summed E-state index contributed by atoms with van der Waals surface area (Å²) in [5.41, 5.74) is 0. The highest BCUT2D eigenvalue weighted by Gasteiger charge is 2.27. The summed E-state index contributed by atoms with van der Waals surface area (Å²) in [5, 5.41) is 0. The van der Waals surface area contributed by atoms with E-state index in [4.69, 9.17) is 4.74 Å². The van der Waals surface area contributed by atoms with Gasteiger partial charge in [0.2, 0.25) is 0 Å². The Morgan fingerprint density at radius 2 is 2.09 bits per heavy atom. The van der Waals surface area contributed by atoms with E-state index in [9.17, 15) is 4.39 Å². The van der Waals surface area contributed by atoms with Gasteiger partial charge in [-0.15, -0.1) is 0 Å². The SMILES string of the molecule is CN(C)c1nccnc1N1CCC(Oc2cccc(F)c2)C1. The second-order valence-electron chi connectivity index (χ2n) is 5.53. The first-order valence-electron chi connectivity index (χ1n) is 7.29. The van der Waals surface area contributed by atoms with Gasteiger partial charge in [-0.3, -0.25) is 0 Å². The van der Waals surface area contributed by atoms with Gasteiger partial charge in [-0.05, 0) is 12.1 Å². The third-order valence-corrected chi connectivity index (χ3v) is 3.63. The predicted molar refractivity (Wildman–Crippen MR) is 84.0 cm³/mol. The summed E-state index contributed by atoms with van der Waals surface area (Å²) in [6.07, 6.45) is 4.29. The molecule has 0 bridgehead atoms. The minimum absolute atomic E-state index is 0.0267. The molecular weight excluding hydrogens is 283 g/mol. The fraction of sp³-hybridized carbons (Fsp3) is 0.375. The van der Waals surface area contributed by atoms with Crippen molar-refractivity contribution in [2.45, 2.75) is 12.5 Å². The van der Waals surface area contributed by atoms with Crippen molar-refractivity contribution in [2.24, 2.45) is 0 Å². The van der Waals surface area contributed by atoms with Crippen LogP contribution in [0.15, 0.2) is 36.7 Å². The molecule has 1 unspecified atom stereocenters. The first kappa shape index (κ1) is 14.6. The summed E-state index contributed by atoms with van der Waals surface area (Å²) in [6, 6.07) is 6.26. The molecule has 0 amide bonds. The summed E-state index contributed by atoms with van der Waals surface area (Å²) in [6.45, 7) is 1.57. The van der Waals surface area contributed by atoms with Crippen molar-refractivity contribution in [1.29, 1.82) is 0 Å². The molecule has 5 nitrogen and oxygen atoms in total. The average Bonchev–Trinajstić information content (AvgIpc) is 2.95. The third kappa shape index (κ3) is 3.10. The molecule has 116 valence electrons. The van der Waals surface area contributed by atoms with Gasteiger partial charge in [-0.25, -0.2) is 14.4 Å². The Kier molecular flexibility index (Phi) is 4.09. The van der Waals surface area contributed by atoms with Crippen molar-refractivity contribution in [3.63, 3.8) is 0 Å². The fourth-order valence-electron chi connectivity index (χ4n) is 2.61. The van der Waals surface area contributed by atoms with Gasteiger partial charge in [0.25, 0.3) is 0 Å². The van der Waals surface area contributed by atoms with E-state index in [0.717, 1.165) is 31.1 Å². The van der Waals surface area contributed by atoms with Gasteiger partial charge in [-0.2, -0.15) is 0 Å². The van der Waals surface area contributed by atoms with Crippen LogP contribution in [-0.2, 0) is 0 Å². The van der Waals surface area contributed by atoms with E-state index in [2.05, 4.69) is 14.9 Å². The largest absolute Gasteiger partial charge is 0.488 e. The number of rotatable bonds is 4. The molecule has 1 aliphatic rings. The van der Waals surface area contributed by atoms with Gasteiger partial charge in [0.05, 0.1) is 6.54 Å². The quantitative estimate of drug-likeness (QED) is 0.867. The monoisotopic (exact) mass is 302 g/mol. The highest BCUT2D eigenvalue weighted by molar-refractivity contribution is 5.61. The molecule has 0 aliphatic carbocycles. The molecule has 2 heterocycles. The fourth-order valence-corrected chi connectivity index (χ4v) is 2.61. The normalized spacial score (nSPS) is 17.6. The lowest BCUT2D eigenvalue weighted by Crippen LogP contribution is -2.27. The van der Waals surface area contributed by atoms with Crippen LogP contribution in [0.2, 0.25) is 0 Å². The van der Waals surface area contributed by atoms with Gasteiger partial charge in [0, 0.05) is 45.5 Å². The van der Waals surface area contributed by atoms with Gasteiger partial charge in [0.1, 0.15) is 17.7 Å². The van der Waals surface area contributed by atoms with E-state index in [1.807, 2.05) is 19.0 Å². The van der Waals surface area contributed by atoms with E-state index in [1.165, 1.54) is 12.1 Å². The smallest absolute Gasteiger partial charge is 0.172 e. The van der Waals surface area contributed by atoms with E-state index in [1.54, 1.807) is 24.5 Å². The highest BCUT2D eigenvalue weighted by Crippen LogP contribution is 2.27. The van der Waals surface area contributed by atoms with Crippen molar-refractivity contribution >= 4 is 11.6 Å². The molecule has 1 fully saturated rings. The summed E-state index contributed by atoms with van der Waals surface area (Å²) in [5.74, 6) is 1.99. The van der Waals surface area contributed by atoms with Crippen LogP contribution in [0.5, 0.6) is 5.75 Å². The van der Waals surface area contributed by atoms with E-state index in [0.29, 0.717) is 5.75 Å². The number of halogens is 1. The molecule has 1 aromatic carbocycles. The predicted octanol–water partition coefficient (Wildman–Crippen LogP) is 2.34. The van der Waals surface area contributed by atoms with Crippen molar-refractivity contribution in [3.8, 4) is 5.75 Å². The molecular formula is C16H19FN4O. The second-order valence-corrected chi connectivity index (χ2v) is 5.53. The Morgan fingerprint density at radius 1 is 1.27 bits per heavy atom. The topological polar surface area (TPSA) is 41.5 Å².